The number of rotatable bonds is 5. The number of benzene rings is 1. The molecule has 0 amide bonds. The van der Waals surface area contributed by atoms with Gasteiger partial charge in [0.1, 0.15) is 5.82 Å². The van der Waals surface area contributed by atoms with Crippen LogP contribution in [0.4, 0.5) is 4.39 Å². The Morgan fingerprint density at radius 3 is 2.71 bits per heavy atom. The summed E-state index contributed by atoms with van der Waals surface area (Å²) in [5, 5.41) is 3.51. The van der Waals surface area contributed by atoms with Gasteiger partial charge in [-0.2, -0.15) is 0 Å². The molecule has 0 saturated heterocycles. The van der Waals surface area contributed by atoms with Crippen LogP contribution < -0.4 is 5.32 Å². The molecule has 0 spiro atoms. The van der Waals surface area contributed by atoms with Gasteiger partial charge in [0, 0.05) is 0 Å². The van der Waals surface area contributed by atoms with Crippen molar-refractivity contribution >= 4 is 0 Å². The van der Waals surface area contributed by atoms with Gasteiger partial charge in [-0.25, -0.2) is 4.39 Å². The Kier molecular flexibility index (Phi) is 4.55. The summed E-state index contributed by atoms with van der Waals surface area (Å²) in [7, 11) is 0. The van der Waals surface area contributed by atoms with Crippen LogP contribution in [0, 0.1) is 11.7 Å². The van der Waals surface area contributed by atoms with Crippen molar-refractivity contribution in [2.75, 3.05) is 13.1 Å². The molecule has 0 heterocycles. The molecule has 0 aliphatic heterocycles. The van der Waals surface area contributed by atoms with Crippen molar-refractivity contribution in [3.63, 3.8) is 0 Å². The third-order valence-electron chi connectivity index (χ3n) is 3.79. The maximum atomic E-state index is 12.9. The van der Waals surface area contributed by atoms with Crippen molar-refractivity contribution in [2.45, 2.75) is 38.5 Å². The lowest BCUT2D eigenvalue weighted by atomic mass is 9.89. The lowest BCUT2D eigenvalue weighted by Crippen LogP contribution is -2.25. The van der Waals surface area contributed by atoms with E-state index in [9.17, 15) is 4.39 Å². The molecule has 0 radical (unpaired) electrons. The Balaban J connectivity index is 1.96. The summed E-state index contributed by atoms with van der Waals surface area (Å²) in [5.41, 5.74) is 1.31. The van der Waals surface area contributed by atoms with Crippen molar-refractivity contribution in [1.82, 2.24) is 5.32 Å². The lowest BCUT2D eigenvalue weighted by Gasteiger charge is -2.20. The minimum atomic E-state index is -0.132. The highest BCUT2D eigenvalue weighted by Crippen LogP contribution is 2.39. The van der Waals surface area contributed by atoms with E-state index in [1.807, 2.05) is 12.1 Å². The predicted octanol–water partition coefficient (Wildman–Crippen LogP) is 3.71. The summed E-state index contributed by atoms with van der Waals surface area (Å²) in [4.78, 5) is 0. The van der Waals surface area contributed by atoms with E-state index in [0.29, 0.717) is 5.92 Å². The first-order chi connectivity index (χ1) is 8.31. The van der Waals surface area contributed by atoms with Gasteiger partial charge in [0.15, 0.2) is 0 Å². The van der Waals surface area contributed by atoms with Crippen LogP contribution in [0.3, 0.4) is 0 Å². The quantitative estimate of drug-likeness (QED) is 0.767. The number of nitrogens with one attached hydrogen (secondary N) is 1. The summed E-state index contributed by atoms with van der Waals surface area (Å²) >= 11 is 0. The fourth-order valence-electron chi connectivity index (χ4n) is 2.89. The second kappa shape index (κ2) is 6.15. The van der Waals surface area contributed by atoms with Gasteiger partial charge in [0.05, 0.1) is 0 Å². The van der Waals surface area contributed by atoms with E-state index < -0.39 is 0 Å². The average molecular weight is 235 g/mol. The summed E-state index contributed by atoms with van der Waals surface area (Å²) in [6, 6.07) is 7.09. The van der Waals surface area contributed by atoms with E-state index >= 15 is 0 Å². The molecule has 2 unspecified atom stereocenters. The third-order valence-corrected chi connectivity index (χ3v) is 3.79. The highest BCUT2D eigenvalue weighted by atomic mass is 19.1. The van der Waals surface area contributed by atoms with Gasteiger partial charge >= 0.3 is 0 Å². The van der Waals surface area contributed by atoms with E-state index in [0.717, 1.165) is 19.0 Å². The molecule has 0 bridgehead atoms. The molecule has 94 valence electrons. The van der Waals surface area contributed by atoms with Crippen molar-refractivity contribution in [3.05, 3.63) is 35.6 Å². The molecule has 1 N–H and O–H groups in total. The standard InChI is InChI=1S/C15H22FN/c1-2-10-17-11-13-4-3-5-15(13)12-6-8-14(16)9-7-12/h6-9,13,15,17H,2-5,10-11H2,1H3. The zero-order valence-electron chi connectivity index (χ0n) is 10.6. The fraction of sp³-hybridized carbons (Fsp3) is 0.600. The first kappa shape index (κ1) is 12.6. The molecule has 1 aromatic carbocycles. The van der Waals surface area contributed by atoms with Crippen LogP contribution in [0.5, 0.6) is 0 Å². The summed E-state index contributed by atoms with van der Waals surface area (Å²) in [6.45, 7) is 4.40. The zero-order chi connectivity index (χ0) is 12.1. The second-order valence-corrected chi connectivity index (χ2v) is 5.05. The molecule has 1 aromatic rings. The molecule has 1 fully saturated rings. The molecule has 1 nitrogen and oxygen atoms in total. The summed E-state index contributed by atoms with van der Waals surface area (Å²) in [5.74, 6) is 1.22. The van der Waals surface area contributed by atoms with E-state index in [1.54, 1.807) is 12.1 Å². The van der Waals surface area contributed by atoms with Crippen LogP contribution in [0.1, 0.15) is 44.1 Å². The second-order valence-electron chi connectivity index (χ2n) is 5.05. The molecule has 0 aromatic heterocycles. The molecule has 17 heavy (non-hydrogen) atoms. The third kappa shape index (κ3) is 3.29. The van der Waals surface area contributed by atoms with E-state index in [4.69, 9.17) is 0 Å². The van der Waals surface area contributed by atoms with Crippen molar-refractivity contribution in [2.24, 2.45) is 5.92 Å². The Morgan fingerprint density at radius 2 is 2.00 bits per heavy atom. The minimum absolute atomic E-state index is 0.132. The van der Waals surface area contributed by atoms with Gasteiger partial charge in [-0.3, -0.25) is 0 Å². The average Bonchev–Trinajstić information content (AvgIpc) is 2.79. The molecule has 2 rings (SSSR count). The Bertz CT molecular complexity index is 333. The smallest absolute Gasteiger partial charge is 0.123 e. The van der Waals surface area contributed by atoms with Crippen molar-refractivity contribution < 1.29 is 4.39 Å². The van der Waals surface area contributed by atoms with Gasteiger partial charge in [-0.15, -0.1) is 0 Å². The number of hydrogen-bond acceptors (Lipinski definition) is 1. The Labute approximate surface area is 103 Å². The van der Waals surface area contributed by atoms with Crippen molar-refractivity contribution in [1.29, 1.82) is 0 Å². The Hall–Kier alpha value is -0.890. The monoisotopic (exact) mass is 235 g/mol. The van der Waals surface area contributed by atoms with Crippen LogP contribution in [0.25, 0.3) is 0 Å². The van der Waals surface area contributed by atoms with E-state index in [1.165, 1.54) is 31.2 Å². The van der Waals surface area contributed by atoms with Gasteiger partial charge in [0.25, 0.3) is 0 Å². The highest BCUT2D eigenvalue weighted by Gasteiger charge is 2.27. The lowest BCUT2D eigenvalue weighted by molar-refractivity contribution is 0.444. The van der Waals surface area contributed by atoms with Gasteiger partial charge in [-0.1, -0.05) is 25.5 Å². The summed E-state index contributed by atoms with van der Waals surface area (Å²) in [6.07, 6.45) is 5.05. The maximum Gasteiger partial charge on any atom is 0.123 e. The molecule has 2 heteroatoms. The topological polar surface area (TPSA) is 12.0 Å². The summed E-state index contributed by atoms with van der Waals surface area (Å²) < 4.78 is 12.9. The van der Waals surface area contributed by atoms with Gasteiger partial charge in [-0.05, 0) is 61.9 Å². The largest absolute Gasteiger partial charge is 0.316 e. The minimum Gasteiger partial charge on any atom is -0.316 e. The fourth-order valence-corrected chi connectivity index (χ4v) is 2.89. The molecular weight excluding hydrogens is 213 g/mol. The van der Waals surface area contributed by atoms with Crippen LogP contribution in [0.15, 0.2) is 24.3 Å². The van der Waals surface area contributed by atoms with Crippen LogP contribution in [0.2, 0.25) is 0 Å². The maximum absolute atomic E-state index is 12.9. The number of halogens is 1. The van der Waals surface area contributed by atoms with Gasteiger partial charge in [0.2, 0.25) is 0 Å². The zero-order valence-corrected chi connectivity index (χ0v) is 10.6. The first-order valence-electron chi connectivity index (χ1n) is 6.77. The molecule has 1 saturated carbocycles. The van der Waals surface area contributed by atoms with Crippen LogP contribution in [-0.4, -0.2) is 13.1 Å². The molecular formula is C15H22FN. The predicted molar refractivity (Wildman–Crippen MR) is 69.6 cm³/mol. The Morgan fingerprint density at radius 1 is 1.24 bits per heavy atom. The molecule has 1 aliphatic carbocycles. The number of hydrogen-bond donors (Lipinski definition) is 1. The van der Waals surface area contributed by atoms with Crippen LogP contribution >= 0.6 is 0 Å². The molecule has 2 atom stereocenters. The highest BCUT2D eigenvalue weighted by molar-refractivity contribution is 5.22. The van der Waals surface area contributed by atoms with Crippen molar-refractivity contribution in [3.8, 4) is 0 Å². The SMILES string of the molecule is CCCNCC1CCCC1c1ccc(F)cc1. The van der Waals surface area contributed by atoms with E-state index in [2.05, 4.69) is 12.2 Å². The van der Waals surface area contributed by atoms with Gasteiger partial charge < -0.3 is 5.32 Å². The first-order valence-corrected chi connectivity index (χ1v) is 6.77. The normalized spacial score (nSPS) is 24.1. The molecule has 1 aliphatic rings. The van der Waals surface area contributed by atoms with Crippen LogP contribution in [-0.2, 0) is 0 Å². The van der Waals surface area contributed by atoms with E-state index in [-0.39, 0.29) is 5.82 Å².